The molecule has 0 saturated heterocycles. The summed E-state index contributed by atoms with van der Waals surface area (Å²) in [5, 5.41) is 4.90. The Kier molecular flexibility index (Phi) is 5.28. The predicted molar refractivity (Wildman–Crippen MR) is 109 cm³/mol. The molecule has 0 spiro atoms. The maximum absolute atomic E-state index is 12.7. The van der Waals surface area contributed by atoms with E-state index < -0.39 is 10.8 Å². The van der Waals surface area contributed by atoms with Crippen molar-refractivity contribution in [2.75, 3.05) is 17.2 Å². The molecule has 0 N–H and O–H groups in total. The molecule has 1 atom stereocenters. The van der Waals surface area contributed by atoms with E-state index in [-0.39, 0.29) is 11.7 Å². The van der Waals surface area contributed by atoms with E-state index >= 15 is 0 Å². The number of aromatic nitrogens is 1. The third kappa shape index (κ3) is 3.79. The number of benzene rings is 1. The number of amides is 1. The molecule has 0 radical (unpaired) electrons. The summed E-state index contributed by atoms with van der Waals surface area (Å²) in [4.78, 5) is 20.1. The number of carbonyl (C=O) groups excluding carboxylic acids is 1. The Hall–Kier alpha value is -1.83. The van der Waals surface area contributed by atoms with E-state index in [4.69, 9.17) is 0 Å². The Morgan fingerprint density at radius 2 is 2.08 bits per heavy atom. The number of thiazole rings is 1. The van der Waals surface area contributed by atoms with Crippen LogP contribution in [-0.4, -0.2) is 27.4 Å². The van der Waals surface area contributed by atoms with Gasteiger partial charge in [-0.1, -0.05) is 24.3 Å². The van der Waals surface area contributed by atoms with Gasteiger partial charge >= 0.3 is 0 Å². The van der Waals surface area contributed by atoms with Crippen molar-refractivity contribution < 1.29 is 9.00 Å². The standard InChI is InChI=1S/C19H18N2O2S3/c22-18(21-9-3-6-14-5-1-2-7-16(14)21)13-26(23)12-15-11-25-19(20-15)17-8-4-10-24-17/h1-2,4-5,7-8,10-11H,3,6,9,12-13H2. The molecule has 0 fully saturated rings. The van der Waals surface area contributed by atoms with Crippen LogP contribution in [0.25, 0.3) is 9.88 Å². The lowest BCUT2D eigenvalue weighted by molar-refractivity contribution is -0.116. The van der Waals surface area contributed by atoms with Crippen LogP contribution in [0.5, 0.6) is 0 Å². The van der Waals surface area contributed by atoms with Gasteiger partial charge in [0.25, 0.3) is 0 Å². The molecular formula is C19H18N2O2S3. The molecule has 1 aliphatic heterocycles. The summed E-state index contributed by atoms with van der Waals surface area (Å²) in [6.45, 7) is 0.701. The number of para-hydroxylation sites is 1. The van der Waals surface area contributed by atoms with E-state index in [2.05, 4.69) is 11.1 Å². The number of fused-ring (bicyclic) bond motifs is 1. The first-order chi connectivity index (χ1) is 12.7. The Labute approximate surface area is 163 Å². The van der Waals surface area contributed by atoms with Gasteiger partial charge in [0.1, 0.15) is 10.8 Å². The van der Waals surface area contributed by atoms with E-state index in [1.165, 1.54) is 5.56 Å². The summed E-state index contributed by atoms with van der Waals surface area (Å²) < 4.78 is 12.5. The molecule has 4 nitrogen and oxygen atoms in total. The largest absolute Gasteiger partial charge is 0.311 e. The van der Waals surface area contributed by atoms with Crippen molar-refractivity contribution in [3.05, 3.63) is 58.4 Å². The van der Waals surface area contributed by atoms with Crippen molar-refractivity contribution in [1.82, 2.24) is 4.98 Å². The van der Waals surface area contributed by atoms with Gasteiger partial charge in [-0.15, -0.1) is 22.7 Å². The van der Waals surface area contributed by atoms with Gasteiger partial charge in [0.05, 0.1) is 16.3 Å². The topological polar surface area (TPSA) is 50.3 Å². The molecule has 7 heteroatoms. The zero-order valence-corrected chi connectivity index (χ0v) is 16.5. The van der Waals surface area contributed by atoms with Crippen LogP contribution in [-0.2, 0) is 27.8 Å². The Balaban J connectivity index is 1.40. The van der Waals surface area contributed by atoms with Crippen molar-refractivity contribution in [1.29, 1.82) is 0 Å². The van der Waals surface area contributed by atoms with E-state index in [1.807, 2.05) is 41.1 Å². The number of rotatable bonds is 5. The summed E-state index contributed by atoms with van der Waals surface area (Å²) in [6, 6.07) is 12.0. The zero-order valence-electron chi connectivity index (χ0n) is 14.1. The zero-order chi connectivity index (χ0) is 17.9. The van der Waals surface area contributed by atoms with Gasteiger partial charge in [-0.3, -0.25) is 9.00 Å². The van der Waals surface area contributed by atoms with Gasteiger partial charge in [-0.25, -0.2) is 4.98 Å². The number of hydrogen-bond acceptors (Lipinski definition) is 5. The number of hydrogen-bond donors (Lipinski definition) is 0. The predicted octanol–water partition coefficient (Wildman–Crippen LogP) is 4.10. The highest BCUT2D eigenvalue weighted by Gasteiger charge is 2.23. The second-order valence-corrected chi connectivity index (χ2v) is 9.39. The normalized spacial score (nSPS) is 14.8. The fraction of sp³-hybridized carbons (Fsp3) is 0.263. The first-order valence-corrected chi connectivity index (χ1v) is 11.7. The second kappa shape index (κ2) is 7.82. The Morgan fingerprint density at radius 3 is 2.92 bits per heavy atom. The lowest BCUT2D eigenvalue weighted by atomic mass is 10.0. The molecular weight excluding hydrogens is 384 g/mol. The van der Waals surface area contributed by atoms with Crippen molar-refractivity contribution >= 4 is 45.1 Å². The molecule has 26 heavy (non-hydrogen) atoms. The summed E-state index contributed by atoms with van der Waals surface area (Å²) in [5.41, 5.74) is 2.95. The minimum atomic E-state index is -1.26. The van der Waals surface area contributed by atoms with Crippen molar-refractivity contribution in [3.63, 3.8) is 0 Å². The van der Waals surface area contributed by atoms with Gasteiger partial charge in [-0.2, -0.15) is 0 Å². The SMILES string of the molecule is O=C(CS(=O)Cc1csc(-c2cccs2)n1)N1CCCc2ccccc21. The molecule has 3 heterocycles. The second-order valence-electron chi connectivity index (χ2n) is 6.13. The minimum absolute atomic E-state index is 0.0419. The number of carbonyl (C=O) groups is 1. The van der Waals surface area contributed by atoms with E-state index in [9.17, 15) is 9.00 Å². The molecule has 4 rings (SSSR count). The molecule has 1 aromatic carbocycles. The van der Waals surface area contributed by atoms with Gasteiger partial charge < -0.3 is 4.90 Å². The molecule has 1 amide bonds. The van der Waals surface area contributed by atoms with Crippen LogP contribution in [0.1, 0.15) is 17.7 Å². The first-order valence-electron chi connectivity index (χ1n) is 8.42. The summed E-state index contributed by atoms with van der Waals surface area (Å²) >= 11 is 3.20. The molecule has 134 valence electrons. The summed E-state index contributed by atoms with van der Waals surface area (Å²) in [5.74, 6) is 0.299. The minimum Gasteiger partial charge on any atom is -0.311 e. The molecule has 1 unspecified atom stereocenters. The first kappa shape index (κ1) is 17.6. The maximum Gasteiger partial charge on any atom is 0.239 e. The van der Waals surface area contributed by atoms with Gasteiger partial charge in [0.2, 0.25) is 5.91 Å². The van der Waals surface area contributed by atoms with Crippen LogP contribution >= 0.6 is 22.7 Å². The average Bonchev–Trinajstić information content (AvgIpc) is 3.32. The lowest BCUT2D eigenvalue weighted by Gasteiger charge is -2.29. The van der Waals surface area contributed by atoms with Crippen LogP contribution in [0.4, 0.5) is 5.69 Å². The fourth-order valence-electron chi connectivity index (χ4n) is 3.11. The van der Waals surface area contributed by atoms with E-state index in [0.717, 1.165) is 34.1 Å². The number of thiophene rings is 1. The smallest absolute Gasteiger partial charge is 0.239 e. The lowest BCUT2D eigenvalue weighted by Crippen LogP contribution is -2.38. The Morgan fingerprint density at radius 1 is 1.19 bits per heavy atom. The number of nitrogens with zero attached hydrogens (tertiary/aromatic N) is 2. The third-order valence-corrected chi connectivity index (χ3v) is 7.41. The van der Waals surface area contributed by atoms with Crippen LogP contribution in [0, 0.1) is 0 Å². The monoisotopic (exact) mass is 402 g/mol. The van der Waals surface area contributed by atoms with Crippen molar-refractivity contribution in [2.24, 2.45) is 0 Å². The van der Waals surface area contributed by atoms with Crippen LogP contribution < -0.4 is 4.90 Å². The Bertz CT molecular complexity index is 934. The maximum atomic E-state index is 12.7. The molecule has 3 aromatic rings. The highest BCUT2D eigenvalue weighted by Crippen LogP contribution is 2.29. The molecule has 2 aromatic heterocycles. The van der Waals surface area contributed by atoms with Crippen LogP contribution in [0.2, 0.25) is 0 Å². The highest BCUT2D eigenvalue weighted by atomic mass is 32.2. The van der Waals surface area contributed by atoms with Crippen molar-refractivity contribution in [2.45, 2.75) is 18.6 Å². The van der Waals surface area contributed by atoms with Crippen LogP contribution in [0.3, 0.4) is 0 Å². The van der Waals surface area contributed by atoms with Gasteiger partial charge in [0.15, 0.2) is 0 Å². The van der Waals surface area contributed by atoms with Crippen LogP contribution in [0.15, 0.2) is 47.2 Å². The molecule has 0 saturated carbocycles. The highest BCUT2D eigenvalue weighted by molar-refractivity contribution is 7.85. The molecule has 0 aliphatic carbocycles. The molecule has 1 aliphatic rings. The summed E-state index contributed by atoms with van der Waals surface area (Å²) in [6.07, 6.45) is 1.94. The summed E-state index contributed by atoms with van der Waals surface area (Å²) in [7, 11) is -1.26. The number of anilines is 1. The van der Waals surface area contributed by atoms with Crippen molar-refractivity contribution in [3.8, 4) is 9.88 Å². The van der Waals surface area contributed by atoms with Gasteiger partial charge in [-0.05, 0) is 35.9 Å². The average molecular weight is 403 g/mol. The van der Waals surface area contributed by atoms with Gasteiger partial charge in [0, 0.05) is 28.4 Å². The van der Waals surface area contributed by atoms with E-state index in [0.29, 0.717) is 12.3 Å². The fourth-order valence-corrected chi connectivity index (χ4v) is 5.86. The quantitative estimate of drug-likeness (QED) is 0.646. The van der Waals surface area contributed by atoms with E-state index in [1.54, 1.807) is 27.6 Å². The third-order valence-electron chi connectivity index (χ3n) is 4.29. The molecule has 0 bridgehead atoms. The number of aryl methyl sites for hydroxylation is 1.